The van der Waals surface area contributed by atoms with Crippen molar-refractivity contribution in [2.75, 3.05) is 19.5 Å². The van der Waals surface area contributed by atoms with E-state index < -0.39 is 0 Å². The summed E-state index contributed by atoms with van der Waals surface area (Å²) < 4.78 is 10.5. The second-order valence-corrected chi connectivity index (χ2v) is 6.68. The molecule has 26 heavy (non-hydrogen) atoms. The zero-order valence-electron chi connectivity index (χ0n) is 14.9. The highest BCUT2D eigenvalue weighted by atomic mass is 32.1. The molecule has 1 heterocycles. The second kappa shape index (κ2) is 8.12. The van der Waals surface area contributed by atoms with E-state index in [4.69, 9.17) is 9.47 Å². The van der Waals surface area contributed by atoms with E-state index in [9.17, 15) is 4.79 Å². The van der Waals surface area contributed by atoms with Gasteiger partial charge in [-0.05, 0) is 36.8 Å². The van der Waals surface area contributed by atoms with Crippen LogP contribution in [0.25, 0.3) is 11.3 Å². The maximum absolute atomic E-state index is 12.4. The number of nitrogens with one attached hydrogen (secondary N) is 1. The van der Waals surface area contributed by atoms with E-state index in [-0.39, 0.29) is 5.91 Å². The van der Waals surface area contributed by atoms with E-state index in [1.807, 2.05) is 42.6 Å². The van der Waals surface area contributed by atoms with Crippen molar-refractivity contribution >= 4 is 22.4 Å². The maximum atomic E-state index is 12.4. The SMILES string of the molecule is COCc1ccc(C(=O)Nc2nc(-c3cc(C)ccc3OC)cs2)cc1. The van der Waals surface area contributed by atoms with Crippen molar-refractivity contribution in [3.63, 3.8) is 0 Å². The lowest BCUT2D eigenvalue weighted by Crippen LogP contribution is -2.11. The fourth-order valence-corrected chi connectivity index (χ4v) is 3.27. The molecule has 0 fully saturated rings. The van der Waals surface area contributed by atoms with Crippen LogP contribution in [-0.4, -0.2) is 25.1 Å². The number of thiazole rings is 1. The van der Waals surface area contributed by atoms with Crippen molar-refractivity contribution in [2.24, 2.45) is 0 Å². The van der Waals surface area contributed by atoms with Gasteiger partial charge in [0.15, 0.2) is 5.13 Å². The summed E-state index contributed by atoms with van der Waals surface area (Å²) in [5.41, 5.74) is 4.41. The van der Waals surface area contributed by atoms with Crippen molar-refractivity contribution in [3.8, 4) is 17.0 Å². The van der Waals surface area contributed by atoms with Gasteiger partial charge in [0.05, 0.1) is 19.4 Å². The number of hydrogen-bond donors (Lipinski definition) is 1. The lowest BCUT2D eigenvalue weighted by atomic mass is 10.1. The third-order valence-corrected chi connectivity index (χ3v) is 4.64. The Hall–Kier alpha value is -2.70. The Balaban J connectivity index is 1.76. The number of aromatic nitrogens is 1. The zero-order chi connectivity index (χ0) is 18.5. The number of carbonyl (C=O) groups excluding carboxylic acids is 1. The first-order valence-corrected chi connectivity index (χ1v) is 8.98. The molecular formula is C20H20N2O3S. The summed E-state index contributed by atoms with van der Waals surface area (Å²) in [6.45, 7) is 2.54. The minimum absolute atomic E-state index is 0.189. The van der Waals surface area contributed by atoms with Crippen molar-refractivity contribution in [1.29, 1.82) is 0 Å². The molecule has 0 saturated heterocycles. The van der Waals surface area contributed by atoms with Gasteiger partial charge < -0.3 is 9.47 Å². The molecule has 2 aromatic carbocycles. The fraction of sp³-hybridized carbons (Fsp3) is 0.200. The van der Waals surface area contributed by atoms with Crippen LogP contribution in [0.15, 0.2) is 47.8 Å². The van der Waals surface area contributed by atoms with Gasteiger partial charge >= 0.3 is 0 Å². The molecule has 0 aliphatic heterocycles. The van der Waals surface area contributed by atoms with E-state index in [0.29, 0.717) is 17.3 Å². The standard InChI is InChI=1S/C20H20N2O3S/c1-13-4-9-18(25-3)16(10-13)17-12-26-20(21-17)22-19(23)15-7-5-14(6-8-15)11-24-2/h4-10,12H,11H2,1-3H3,(H,21,22,23). The van der Waals surface area contributed by atoms with E-state index in [0.717, 1.165) is 28.1 Å². The Morgan fingerprint density at radius 3 is 2.62 bits per heavy atom. The number of aryl methyl sites for hydroxylation is 1. The van der Waals surface area contributed by atoms with Gasteiger partial charge in [0, 0.05) is 23.6 Å². The summed E-state index contributed by atoms with van der Waals surface area (Å²) in [6.07, 6.45) is 0. The maximum Gasteiger partial charge on any atom is 0.257 e. The van der Waals surface area contributed by atoms with Crippen LogP contribution in [0.5, 0.6) is 5.75 Å². The molecule has 0 bridgehead atoms. The van der Waals surface area contributed by atoms with Crippen molar-refractivity contribution in [1.82, 2.24) is 4.98 Å². The molecule has 3 aromatic rings. The minimum atomic E-state index is -0.189. The molecule has 1 N–H and O–H groups in total. The number of carbonyl (C=O) groups is 1. The number of nitrogens with zero attached hydrogens (tertiary/aromatic N) is 1. The van der Waals surface area contributed by atoms with Crippen LogP contribution < -0.4 is 10.1 Å². The number of ether oxygens (including phenoxy) is 2. The van der Waals surface area contributed by atoms with Crippen LogP contribution in [0.3, 0.4) is 0 Å². The Morgan fingerprint density at radius 1 is 1.15 bits per heavy atom. The largest absolute Gasteiger partial charge is 0.496 e. The summed E-state index contributed by atoms with van der Waals surface area (Å²) in [4.78, 5) is 16.9. The molecule has 0 saturated carbocycles. The van der Waals surface area contributed by atoms with Crippen LogP contribution in [-0.2, 0) is 11.3 Å². The van der Waals surface area contributed by atoms with E-state index >= 15 is 0 Å². The molecule has 1 aromatic heterocycles. The molecule has 5 nitrogen and oxygen atoms in total. The quantitative estimate of drug-likeness (QED) is 0.695. The smallest absolute Gasteiger partial charge is 0.257 e. The number of hydrogen-bond acceptors (Lipinski definition) is 5. The summed E-state index contributed by atoms with van der Waals surface area (Å²) in [5, 5.41) is 5.31. The van der Waals surface area contributed by atoms with Gasteiger partial charge in [-0.15, -0.1) is 11.3 Å². The molecule has 6 heteroatoms. The van der Waals surface area contributed by atoms with Crippen LogP contribution in [0.2, 0.25) is 0 Å². The molecule has 0 aliphatic carbocycles. The van der Waals surface area contributed by atoms with Gasteiger partial charge in [-0.2, -0.15) is 0 Å². The molecule has 0 radical (unpaired) electrons. The predicted molar refractivity (Wildman–Crippen MR) is 104 cm³/mol. The van der Waals surface area contributed by atoms with E-state index in [1.165, 1.54) is 11.3 Å². The summed E-state index contributed by atoms with van der Waals surface area (Å²) in [7, 11) is 3.28. The van der Waals surface area contributed by atoms with Gasteiger partial charge in [-0.3, -0.25) is 10.1 Å². The van der Waals surface area contributed by atoms with Crippen LogP contribution in [0.1, 0.15) is 21.5 Å². The van der Waals surface area contributed by atoms with Gasteiger partial charge in [-0.25, -0.2) is 4.98 Å². The van der Waals surface area contributed by atoms with E-state index in [1.54, 1.807) is 26.4 Å². The summed E-state index contributed by atoms with van der Waals surface area (Å²) in [5.74, 6) is 0.568. The normalized spacial score (nSPS) is 10.6. The first-order chi connectivity index (χ1) is 12.6. The number of methoxy groups -OCH3 is 2. The highest BCUT2D eigenvalue weighted by molar-refractivity contribution is 7.14. The monoisotopic (exact) mass is 368 g/mol. The van der Waals surface area contributed by atoms with Crippen molar-refractivity contribution in [3.05, 3.63) is 64.5 Å². The molecule has 1 amide bonds. The number of benzene rings is 2. The Bertz CT molecular complexity index is 904. The van der Waals surface area contributed by atoms with Gasteiger partial charge in [0.1, 0.15) is 5.75 Å². The Morgan fingerprint density at radius 2 is 1.92 bits per heavy atom. The molecule has 0 aliphatic rings. The van der Waals surface area contributed by atoms with Gasteiger partial charge in [-0.1, -0.05) is 23.8 Å². The van der Waals surface area contributed by atoms with Gasteiger partial charge in [0.25, 0.3) is 5.91 Å². The Labute approximate surface area is 156 Å². The van der Waals surface area contributed by atoms with Crippen LogP contribution in [0.4, 0.5) is 5.13 Å². The number of rotatable bonds is 6. The first kappa shape index (κ1) is 18.1. The van der Waals surface area contributed by atoms with Crippen LogP contribution in [0, 0.1) is 6.92 Å². The average Bonchev–Trinajstić information content (AvgIpc) is 3.11. The predicted octanol–water partition coefficient (Wildman–Crippen LogP) is 4.53. The topological polar surface area (TPSA) is 60.5 Å². The fourth-order valence-electron chi connectivity index (χ4n) is 2.57. The molecule has 0 atom stereocenters. The third kappa shape index (κ3) is 4.09. The first-order valence-electron chi connectivity index (χ1n) is 8.10. The number of amides is 1. The average molecular weight is 368 g/mol. The molecular weight excluding hydrogens is 348 g/mol. The molecule has 0 unspecified atom stereocenters. The Kier molecular flexibility index (Phi) is 5.65. The van der Waals surface area contributed by atoms with Gasteiger partial charge in [0.2, 0.25) is 0 Å². The minimum Gasteiger partial charge on any atom is -0.496 e. The van der Waals surface area contributed by atoms with E-state index in [2.05, 4.69) is 10.3 Å². The van der Waals surface area contributed by atoms with Crippen LogP contribution >= 0.6 is 11.3 Å². The lowest BCUT2D eigenvalue weighted by molar-refractivity contribution is 0.102. The highest BCUT2D eigenvalue weighted by Gasteiger charge is 2.13. The second-order valence-electron chi connectivity index (χ2n) is 5.83. The zero-order valence-corrected chi connectivity index (χ0v) is 15.7. The number of anilines is 1. The lowest BCUT2D eigenvalue weighted by Gasteiger charge is -2.07. The molecule has 134 valence electrons. The van der Waals surface area contributed by atoms with Crippen molar-refractivity contribution < 1.29 is 14.3 Å². The van der Waals surface area contributed by atoms with Crippen molar-refractivity contribution in [2.45, 2.75) is 13.5 Å². The molecule has 0 spiro atoms. The summed E-state index contributed by atoms with van der Waals surface area (Å²) >= 11 is 1.39. The molecule has 3 rings (SSSR count). The summed E-state index contributed by atoms with van der Waals surface area (Å²) in [6, 6.07) is 13.2. The highest BCUT2D eigenvalue weighted by Crippen LogP contribution is 2.33. The third-order valence-electron chi connectivity index (χ3n) is 3.88.